The van der Waals surface area contributed by atoms with Crippen LogP contribution in [0.2, 0.25) is 0 Å². The van der Waals surface area contributed by atoms with Crippen molar-refractivity contribution >= 4 is 18.5 Å². The summed E-state index contributed by atoms with van der Waals surface area (Å²) < 4.78 is 4.83. The molecule has 0 saturated heterocycles. The second-order valence-electron chi connectivity index (χ2n) is 1.73. The Bertz CT molecular complexity index is 251. The van der Waals surface area contributed by atoms with Crippen molar-refractivity contribution in [1.82, 2.24) is 5.16 Å². The molecule has 0 unspecified atom stereocenters. The summed E-state index contributed by atoms with van der Waals surface area (Å²) in [4.78, 5) is 3.69. The quantitative estimate of drug-likeness (QED) is 0.633. The zero-order valence-corrected chi connectivity index (χ0v) is 7.74. The largest absolute Gasteiger partial charge is 0.355 e. The van der Waals surface area contributed by atoms with E-state index in [0.717, 1.165) is 0 Å². The van der Waals surface area contributed by atoms with Gasteiger partial charge in [-0.3, -0.25) is 4.99 Å². The van der Waals surface area contributed by atoms with Crippen LogP contribution in [0.4, 0.5) is 5.69 Å². The molecule has 0 amide bonds. The fraction of sp³-hybridized carbons (Fsp3) is 0.333. The third kappa shape index (κ3) is 2.70. The molecule has 66 valence electrons. The van der Waals surface area contributed by atoms with Crippen molar-refractivity contribution in [1.29, 1.82) is 0 Å². The number of nitrogens with zero attached hydrogens (tertiary/aromatic N) is 2. The Morgan fingerprint density at radius 1 is 1.58 bits per heavy atom. The first kappa shape index (κ1) is 10.6. The first-order valence-corrected chi connectivity index (χ1v) is 3.92. The smallest absolute Gasteiger partial charge is 0.184 e. The van der Waals surface area contributed by atoms with Crippen LogP contribution in [0.3, 0.4) is 0 Å². The Balaban J connectivity index is 0.000000561. The van der Waals surface area contributed by atoms with Crippen LogP contribution in [0.15, 0.2) is 21.8 Å². The Labute approximate surface area is 72.8 Å². The molecule has 0 aliphatic rings. The van der Waals surface area contributed by atoms with Gasteiger partial charge in [0, 0.05) is 0 Å². The van der Waals surface area contributed by atoms with Crippen molar-refractivity contribution in [2.45, 2.75) is 20.8 Å². The van der Waals surface area contributed by atoms with E-state index >= 15 is 0 Å². The lowest BCUT2D eigenvalue weighted by Gasteiger charge is -1.82. The molecule has 3 nitrogen and oxygen atoms in total. The summed E-state index contributed by atoms with van der Waals surface area (Å²) in [5.41, 5.74) is 0.679. The maximum atomic E-state index is 4.83. The van der Waals surface area contributed by atoms with Crippen molar-refractivity contribution in [2.75, 3.05) is 0 Å². The van der Waals surface area contributed by atoms with Crippen LogP contribution in [0, 0.1) is 0 Å². The lowest BCUT2D eigenvalue weighted by atomic mass is 10.3. The minimum Gasteiger partial charge on any atom is -0.355 e. The molecule has 0 fully saturated rings. The first-order valence-electron chi connectivity index (χ1n) is 3.92. The van der Waals surface area contributed by atoms with Crippen molar-refractivity contribution < 1.29 is 4.52 Å². The lowest BCUT2D eigenvalue weighted by Crippen LogP contribution is -1.61. The molecule has 3 heteroatoms. The highest BCUT2D eigenvalue weighted by molar-refractivity contribution is 5.59. The van der Waals surface area contributed by atoms with Crippen molar-refractivity contribution in [3.63, 3.8) is 0 Å². The molecule has 0 atom stereocenters. The Morgan fingerprint density at radius 3 is 2.75 bits per heavy atom. The maximum Gasteiger partial charge on any atom is 0.184 e. The molecule has 0 radical (unpaired) electrons. The van der Waals surface area contributed by atoms with Gasteiger partial charge in [0.2, 0.25) is 0 Å². The second kappa shape index (κ2) is 6.34. The van der Waals surface area contributed by atoms with Crippen LogP contribution in [0.1, 0.15) is 26.5 Å². The predicted octanol–water partition coefficient (Wildman–Crippen LogP) is 3.07. The van der Waals surface area contributed by atoms with E-state index in [1.54, 1.807) is 6.08 Å². The molecule has 0 bridgehead atoms. The molecule has 12 heavy (non-hydrogen) atoms. The number of aliphatic imine (C=N–C) groups is 1. The van der Waals surface area contributed by atoms with Gasteiger partial charge in [0.1, 0.15) is 5.69 Å². The molecule has 0 saturated carbocycles. The molecular formula is C9H14N2O. The van der Waals surface area contributed by atoms with Gasteiger partial charge < -0.3 is 4.52 Å². The number of allylic oxidation sites excluding steroid dienone is 1. The maximum absolute atomic E-state index is 4.83. The minimum atomic E-state index is 0.650. The zero-order valence-electron chi connectivity index (χ0n) is 7.74. The molecule has 1 aromatic rings. The van der Waals surface area contributed by atoms with Crippen LogP contribution < -0.4 is 0 Å². The Morgan fingerprint density at radius 2 is 2.25 bits per heavy atom. The molecule has 0 spiro atoms. The average Bonchev–Trinajstić information content (AvgIpc) is 2.56. The van der Waals surface area contributed by atoms with Gasteiger partial charge in [0.15, 0.2) is 5.76 Å². The number of hydrogen-bond donors (Lipinski definition) is 0. The molecular weight excluding hydrogens is 152 g/mol. The summed E-state index contributed by atoms with van der Waals surface area (Å²) in [7, 11) is 0. The number of hydrogen-bond acceptors (Lipinski definition) is 3. The van der Waals surface area contributed by atoms with Gasteiger partial charge in [-0.2, -0.15) is 0 Å². The van der Waals surface area contributed by atoms with E-state index in [1.165, 1.54) is 6.20 Å². The van der Waals surface area contributed by atoms with Gasteiger partial charge in [-0.1, -0.05) is 25.1 Å². The monoisotopic (exact) mass is 166 g/mol. The normalized spacial score (nSPS) is 9.25. The summed E-state index contributed by atoms with van der Waals surface area (Å²) in [5, 5.41) is 3.55. The fourth-order valence-electron chi connectivity index (χ4n) is 0.629. The van der Waals surface area contributed by atoms with Gasteiger partial charge >= 0.3 is 0 Å². The standard InChI is InChI=1S/C7H8N2O.C2H6/c1-3-4-7-6(8-2)5-9-10-7;1-2/h3-5H,2H2,1H3;1-2H3/b4-3-;. The third-order valence-corrected chi connectivity index (χ3v) is 1.07. The SMILES string of the molecule is C=Nc1cnoc1/C=C\C.CC. The highest BCUT2D eigenvalue weighted by atomic mass is 16.5. The van der Waals surface area contributed by atoms with E-state index in [2.05, 4.69) is 16.9 Å². The summed E-state index contributed by atoms with van der Waals surface area (Å²) in [5.74, 6) is 0.650. The van der Waals surface area contributed by atoms with Gasteiger partial charge in [0.25, 0.3) is 0 Å². The van der Waals surface area contributed by atoms with Crippen molar-refractivity contribution in [3.05, 3.63) is 18.0 Å². The average molecular weight is 166 g/mol. The van der Waals surface area contributed by atoms with Crippen molar-refractivity contribution in [2.24, 2.45) is 4.99 Å². The molecule has 0 aliphatic heterocycles. The van der Waals surface area contributed by atoms with E-state index in [1.807, 2.05) is 26.8 Å². The van der Waals surface area contributed by atoms with Gasteiger partial charge in [-0.25, -0.2) is 0 Å². The van der Waals surface area contributed by atoms with E-state index in [9.17, 15) is 0 Å². The van der Waals surface area contributed by atoms with Crippen LogP contribution in [-0.4, -0.2) is 11.9 Å². The summed E-state index contributed by atoms with van der Waals surface area (Å²) in [6.45, 7) is 9.26. The number of rotatable bonds is 2. The highest BCUT2D eigenvalue weighted by Crippen LogP contribution is 2.18. The molecule has 0 aliphatic carbocycles. The zero-order chi connectivity index (χ0) is 9.40. The lowest BCUT2D eigenvalue weighted by molar-refractivity contribution is 0.413. The molecule has 1 heterocycles. The summed E-state index contributed by atoms with van der Waals surface area (Å²) >= 11 is 0. The number of aromatic nitrogens is 1. The van der Waals surface area contributed by atoms with Crippen molar-refractivity contribution in [3.8, 4) is 0 Å². The summed E-state index contributed by atoms with van der Waals surface area (Å²) in [6.07, 6.45) is 5.18. The highest BCUT2D eigenvalue weighted by Gasteiger charge is 1.99. The first-order chi connectivity index (χ1) is 5.88. The van der Waals surface area contributed by atoms with Gasteiger partial charge in [-0.15, -0.1) is 0 Å². The fourth-order valence-corrected chi connectivity index (χ4v) is 0.629. The molecule has 1 aromatic heterocycles. The van der Waals surface area contributed by atoms with Crippen LogP contribution in [0.25, 0.3) is 6.08 Å². The minimum absolute atomic E-state index is 0.650. The topological polar surface area (TPSA) is 38.4 Å². The Kier molecular flexibility index (Phi) is 5.61. The molecule has 0 N–H and O–H groups in total. The van der Waals surface area contributed by atoms with E-state index in [4.69, 9.17) is 4.52 Å². The van der Waals surface area contributed by atoms with E-state index < -0.39 is 0 Å². The van der Waals surface area contributed by atoms with Crippen LogP contribution in [0.5, 0.6) is 0 Å². The Hall–Kier alpha value is -1.38. The van der Waals surface area contributed by atoms with Gasteiger partial charge in [-0.05, 0) is 19.7 Å². The third-order valence-electron chi connectivity index (χ3n) is 1.07. The van der Waals surface area contributed by atoms with Crippen LogP contribution >= 0.6 is 0 Å². The summed E-state index contributed by atoms with van der Waals surface area (Å²) in [6, 6.07) is 0. The van der Waals surface area contributed by atoms with Gasteiger partial charge in [0.05, 0.1) is 6.20 Å². The molecule has 0 aromatic carbocycles. The second-order valence-corrected chi connectivity index (χ2v) is 1.73. The van der Waals surface area contributed by atoms with Crippen LogP contribution in [-0.2, 0) is 0 Å². The van der Waals surface area contributed by atoms with E-state index in [0.29, 0.717) is 11.4 Å². The van der Waals surface area contributed by atoms with E-state index in [-0.39, 0.29) is 0 Å². The predicted molar refractivity (Wildman–Crippen MR) is 51.8 cm³/mol. The molecule has 1 rings (SSSR count).